The van der Waals surface area contributed by atoms with Crippen LogP contribution in [0.15, 0.2) is 11.1 Å². The Kier molecular flexibility index (Phi) is 3.52. The Morgan fingerprint density at radius 3 is 2.57 bits per heavy atom. The van der Waals surface area contributed by atoms with Crippen LogP contribution in [-0.2, 0) is 4.79 Å². The van der Waals surface area contributed by atoms with Gasteiger partial charge in [0.15, 0.2) is 0 Å². The SMILES string of the molecule is CCC(=O)CC1=C(C)CCCC1(C)C. The van der Waals surface area contributed by atoms with Gasteiger partial charge >= 0.3 is 0 Å². The first-order chi connectivity index (χ1) is 6.47. The molecule has 0 radical (unpaired) electrons. The summed E-state index contributed by atoms with van der Waals surface area (Å²) < 4.78 is 0. The van der Waals surface area contributed by atoms with Crippen molar-refractivity contribution in [2.24, 2.45) is 5.41 Å². The van der Waals surface area contributed by atoms with Crippen LogP contribution in [0.25, 0.3) is 0 Å². The molecule has 0 saturated heterocycles. The molecule has 0 bridgehead atoms. The molecule has 1 aliphatic carbocycles. The van der Waals surface area contributed by atoms with Crippen LogP contribution in [0.5, 0.6) is 0 Å². The van der Waals surface area contributed by atoms with Crippen molar-refractivity contribution in [3.8, 4) is 0 Å². The van der Waals surface area contributed by atoms with E-state index in [-0.39, 0.29) is 5.41 Å². The smallest absolute Gasteiger partial charge is 0.136 e. The summed E-state index contributed by atoms with van der Waals surface area (Å²) in [6.07, 6.45) is 5.07. The number of carbonyl (C=O) groups is 1. The summed E-state index contributed by atoms with van der Waals surface area (Å²) in [5, 5.41) is 0. The van der Waals surface area contributed by atoms with E-state index in [2.05, 4.69) is 20.8 Å². The summed E-state index contributed by atoms with van der Waals surface area (Å²) >= 11 is 0. The first-order valence-electron chi connectivity index (χ1n) is 5.68. The molecule has 0 aromatic rings. The molecule has 80 valence electrons. The Morgan fingerprint density at radius 2 is 2.07 bits per heavy atom. The molecule has 0 aromatic carbocycles. The lowest BCUT2D eigenvalue weighted by molar-refractivity contribution is -0.118. The zero-order valence-electron chi connectivity index (χ0n) is 9.94. The highest BCUT2D eigenvalue weighted by Gasteiger charge is 2.28. The Hall–Kier alpha value is -0.590. The molecule has 0 N–H and O–H groups in total. The highest BCUT2D eigenvalue weighted by atomic mass is 16.1. The maximum absolute atomic E-state index is 11.5. The summed E-state index contributed by atoms with van der Waals surface area (Å²) in [6.45, 7) is 8.69. The molecule has 1 aliphatic rings. The molecule has 1 rings (SSSR count). The number of rotatable bonds is 3. The van der Waals surface area contributed by atoms with Crippen LogP contribution < -0.4 is 0 Å². The minimum Gasteiger partial charge on any atom is -0.299 e. The van der Waals surface area contributed by atoms with Crippen molar-refractivity contribution in [1.29, 1.82) is 0 Å². The maximum Gasteiger partial charge on any atom is 0.136 e. The van der Waals surface area contributed by atoms with E-state index in [4.69, 9.17) is 0 Å². The van der Waals surface area contributed by atoms with Gasteiger partial charge in [0.25, 0.3) is 0 Å². The maximum atomic E-state index is 11.5. The Balaban J connectivity index is 2.85. The second-order valence-electron chi connectivity index (χ2n) is 5.07. The van der Waals surface area contributed by atoms with Crippen LogP contribution in [0.2, 0.25) is 0 Å². The number of allylic oxidation sites excluding steroid dienone is 2. The van der Waals surface area contributed by atoms with Crippen LogP contribution in [0.3, 0.4) is 0 Å². The van der Waals surface area contributed by atoms with Crippen LogP contribution in [-0.4, -0.2) is 5.78 Å². The summed E-state index contributed by atoms with van der Waals surface area (Å²) in [6, 6.07) is 0. The van der Waals surface area contributed by atoms with Crippen LogP contribution in [0.1, 0.15) is 59.8 Å². The van der Waals surface area contributed by atoms with E-state index in [0.29, 0.717) is 18.6 Å². The number of hydrogen-bond acceptors (Lipinski definition) is 1. The van der Waals surface area contributed by atoms with Gasteiger partial charge in [-0.25, -0.2) is 0 Å². The van der Waals surface area contributed by atoms with Gasteiger partial charge in [0.1, 0.15) is 5.78 Å². The highest BCUT2D eigenvalue weighted by molar-refractivity contribution is 5.81. The molecule has 1 nitrogen and oxygen atoms in total. The van der Waals surface area contributed by atoms with Gasteiger partial charge in [-0.05, 0) is 31.6 Å². The summed E-state index contributed by atoms with van der Waals surface area (Å²) in [5.41, 5.74) is 3.13. The first-order valence-corrected chi connectivity index (χ1v) is 5.68. The van der Waals surface area contributed by atoms with Crippen LogP contribution in [0.4, 0.5) is 0 Å². The quantitative estimate of drug-likeness (QED) is 0.623. The van der Waals surface area contributed by atoms with Crippen molar-refractivity contribution in [3.63, 3.8) is 0 Å². The van der Waals surface area contributed by atoms with Crippen LogP contribution in [0, 0.1) is 5.41 Å². The molecule has 0 unspecified atom stereocenters. The fourth-order valence-electron chi connectivity index (χ4n) is 2.39. The molecule has 0 saturated carbocycles. The molecule has 1 heteroatoms. The second kappa shape index (κ2) is 4.29. The minimum atomic E-state index is 0.257. The lowest BCUT2D eigenvalue weighted by Crippen LogP contribution is -2.22. The van der Waals surface area contributed by atoms with E-state index in [1.807, 2.05) is 6.92 Å². The van der Waals surface area contributed by atoms with E-state index in [1.165, 1.54) is 30.4 Å². The van der Waals surface area contributed by atoms with Crippen molar-refractivity contribution in [3.05, 3.63) is 11.1 Å². The molecule has 0 atom stereocenters. The largest absolute Gasteiger partial charge is 0.299 e. The molecule has 0 aromatic heterocycles. The average Bonchev–Trinajstić information content (AvgIpc) is 2.11. The fraction of sp³-hybridized carbons (Fsp3) is 0.769. The number of hydrogen-bond donors (Lipinski definition) is 0. The Bertz CT molecular complexity index is 258. The van der Waals surface area contributed by atoms with Crippen LogP contribution >= 0.6 is 0 Å². The first kappa shape index (κ1) is 11.5. The molecule has 0 aliphatic heterocycles. The standard InChI is InChI=1S/C13H22O/c1-5-11(14)9-12-10(2)7-6-8-13(12,3)4/h5-9H2,1-4H3. The van der Waals surface area contributed by atoms with Crippen molar-refractivity contribution >= 4 is 5.78 Å². The van der Waals surface area contributed by atoms with E-state index in [1.54, 1.807) is 0 Å². The lowest BCUT2D eigenvalue weighted by Gasteiger charge is -2.34. The zero-order chi connectivity index (χ0) is 10.8. The predicted octanol–water partition coefficient (Wildman–Crippen LogP) is 3.88. The third-order valence-electron chi connectivity index (χ3n) is 3.45. The summed E-state index contributed by atoms with van der Waals surface area (Å²) in [4.78, 5) is 11.5. The van der Waals surface area contributed by atoms with Crippen molar-refractivity contribution in [1.82, 2.24) is 0 Å². The van der Waals surface area contributed by atoms with Gasteiger partial charge < -0.3 is 0 Å². The fourth-order valence-corrected chi connectivity index (χ4v) is 2.39. The summed E-state index contributed by atoms with van der Waals surface area (Å²) in [7, 11) is 0. The molecule has 14 heavy (non-hydrogen) atoms. The van der Waals surface area contributed by atoms with Gasteiger partial charge in [-0.1, -0.05) is 31.9 Å². The topological polar surface area (TPSA) is 17.1 Å². The third kappa shape index (κ3) is 2.46. The monoisotopic (exact) mass is 194 g/mol. The second-order valence-corrected chi connectivity index (χ2v) is 5.07. The molecule has 0 spiro atoms. The van der Waals surface area contributed by atoms with Crippen molar-refractivity contribution < 1.29 is 4.79 Å². The predicted molar refractivity (Wildman–Crippen MR) is 60.2 cm³/mol. The van der Waals surface area contributed by atoms with E-state index < -0.39 is 0 Å². The molecular formula is C13H22O. The normalized spacial score (nSPS) is 21.1. The summed E-state index contributed by atoms with van der Waals surface area (Å²) in [5.74, 6) is 0.384. The zero-order valence-corrected chi connectivity index (χ0v) is 9.94. The number of carbonyl (C=O) groups excluding carboxylic acids is 1. The Morgan fingerprint density at radius 1 is 1.43 bits per heavy atom. The molecule has 0 fully saturated rings. The van der Waals surface area contributed by atoms with E-state index >= 15 is 0 Å². The van der Waals surface area contributed by atoms with Gasteiger partial charge in [-0.2, -0.15) is 0 Å². The molecular weight excluding hydrogens is 172 g/mol. The van der Waals surface area contributed by atoms with Gasteiger partial charge in [-0.3, -0.25) is 4.79 Å². The molecule has 0 amide bonds. The highest BCUT2D eigenvalue weighted by Crippen LogP contribution is 2.41. The van der Waals surface area contributed by atoms with Crippen molar-refractivity contribution in [2.45, 2.75) is 59.8 Å². The van der Waals surface area contributed by atoms with E-state index in [9.17, 15) is 4.79 Å². The number of ketones is 1. The lowest BCUT2D eigenvalue weighted by atomic mass is 9.71. The average molecular weight is 194 g/mol. The van der Waals surface area contributed by atoms with Gasteiger partial charge in [0.05, 0.1) is 0 Å². The van der Waals surface area contributed by atoms with Gasteiger partial charge in [0.2, 0.25) is 0 Å². The number of Topliss-reactive ketones (excluding diaryl/α,β-unsaturated/α-hetero) is 1. The molecule has 0 heterocycles. The minimum absolute atomic E-state index is 0.257. The third-order valence-corrected chi connectivity index (χ3v) is 3.45. The van der Waals surface area contributed by atoms with Crippen molar-refractivity contribution in [2.75, 3.05) is 0 Å². The van der Waals surface area contributed by atoms with Gasteiger partial charge in [-0.15, -0.1) is 0 Å². The van der Waals surface area contributed by atoms with E-state index in [0.717, 1.165) is 0 Å². The van der Waals surface area contributed by atoms with Gasteiger partial charge in [0, 0.05) is 12.8 Å². The Labute approximate surface area is 87.6 Å².